The fourth-order valence-electron chi connectivity index (χ4n) is 2.26. The second-order valence-corrected chi connectivity index (χ2v) is 5.72. The number of likely N-dealkylation sites (N-methyl/N-ethyl adjacent to an activating group) is 1. The molecule has 23 heavy (non-hydrogen) atoms. The van der Waals surface area contributed by atoms with Gasteiger partial charge < -0.3 is 15.6 Å². The first-order valence-corrected chi connectivity index (χ1v) is 7.62. The number of benzene rings is 1. The van der Waals surface area contributed by atoms with Crippen LogP contribution in [0.5, 0.6) is 0 Å². The lowest BCUT2D eigenvalue weighted by molar-refractivity contribution is -0.133. The van der Waals surface area contributed by atoms with E-state index in [4.69, 9.17) is 5.73 Å². The van der Waals surface area contributed by atoms with Crippen LogP contribution in [-0.4, -0.2) is 33.9 Å². The van der Waals surface area contributed by atoms with E-state index in [2.05, 4.69) is 9.97 Å². The van der Waals surface area contributed by atoms with Gasteiger partial charge in [0.1, 0.15) is 5.82 Å². The van der Waals surface area contributed by atoms with E-state index in [1.165, 1.54) is 0 Å². The maximum atomic E-state index is 12.3. The minimum atomic E-state index is -0.460. The topological polar surface area (TPSA) is 75.0 Å². The monoisotopic (exact) mass is 336 g/mol. The van der Waals surface area contributed by atoms with Gasteiger partial charge in [-0.3, -0.25) is 4.79 Å². The molecule has 1 heterocycles. The number of carbonyl (C=O) groups is 1. The summed E-state index contributed by atoms with van der Waals surface area (Å²) in [7, 11) is 1.76. The number of hydrogen-bond donors (Lipinski definition) is 2. The number of aromatic amines is 1. The summed E-state index contributed by atoms with van der Waals surface area (Å²) in [5.41, 5.74) is 8.02. The number of nitrogens with two attached hydrogens (primary N) is 1. The molecule has 0 aliphatic rings. The summed E-state index contributed by atoms with van der Waals surface area (Å²) in [6.45, 7) is 4.46. The van der Waals surface area contributed by atoms with Gasteiger partial charge in [0, 0.05) is 7.05 Å². The Bertz CT molecular complexity index is 614. The Morgan fingerprint density at radius 1 is 1.35 bits per heavy atom. The van der Waals surface area contributed by atoms with Gasteiger partial charge in [-0.2, -0.15) is 0 Å². The lowest BCUT2D eigenvalue weighted by atomic mass is 9.99. The van der Waals surface area contributed by atoms with Crippen LogP contribution in [0.25, 0.3) is 11.3 Å². The van der Waals surface area contributed by atoms with Gasteiger partial charge in [0.25, 0.3) is 0 Å². The summed E-state index contributed by atoms with van der Waals surface area (Å²) in [4.78, 5) is 21.5. The Morgan fingerprint density at radius 2 is 2.00 bits per heavy atom. The second-order valence-electron chi connectivity index (χ2n) is 5.72. The van der Waals surface area contributed by atoms with E-state index in [0.29, 0.717) is 6.54 Å². The van der Waals surface area contributed by atoms with Crippen LogP contribution in [0.2, 0.25) is 0 Å². The van der Waals surface area contributed by atoms with E-state index in [9.17, 15) is 4.79 Å². The minimum absolute atomic E-state index is 0. The third-order valence-electron chi connectivity index (χ3n) is 4.02. The lowest BCUT2D eigenvalue weighted by Crippen LogP contribution is -2.45. The molecule has 6 heteroatoms. The number of carbonyl (C=O) groups excluding carboxylic acids is 1. The average molecular weight is 337 g/mol. The van der Waals surface area contributed by atoms with Crippen molar-refractivity contribution in [3.05, 3.63) is 42.4 Å². The number of amides is 1. The molecular weight excluding hydrogens is 312 g/mol. The Kier molecular flexibility index (Phi) is 7.26. The Morgan fingerprint density at radius 3 is 2.61 bits per heavy atom. The van der Waals surface area contributed by atoms with Crippen molar-refractivity contribution >= 4 is 18.3 Å². The highest BCUT2D eigenvalue weighted by atomic mass is 35.5. The predicted molar refractivity (Wildman–Crippen MR) is 95.2 cm³/mol. The van der Waals surface area contributed by atoms with E-state index < -0.39 is 6.04 Å². The van der Waals surface area contributed by atoms with Gasteiger partial charge in [0.05, 0.1) is 24.5 Å². The molecule has 0 aliphatic carbocycles. The first-order valence-electron chi connectivity index (χ1n) is 7.62. The maximum absolute atomic E-state index is 12.3. The van der Waals surface area contributed by atoms with Crippen LogP contribution in [0.4, 0.5) is 0 Å². The summed E-state index contributed by atoms with van der Waals surface area (Å²) >= 11 is 0. The van der Waals surface area contributed by atoms with E-state index >= 15 is 0 Å². The van der Waals surface area contributed by atoms with Crippen LogP contribution in [-0.2, 0) is 11.3 Å². The summed E-state index contributed by atoms with van der Waals surface area (Å²) in [5, 5.41) is 0. The van der Waals surface area contributed by atoms with Crippen molar-refractivity contribution in [3.8, 4) is 11.3 Å². The third kappa shape index (κ3) is 4.81. The normalized spacial score (nSPS) is 13.0. The zero-order valence-electron chi connectivity index (χ0n) is 13.8. The van der Waals surface area contributed by atoms with Crippen molar-refractivity contribution in [1.29, 1.82) is 0 Å². The molecule has 5 nitrogen and oxygen atoms in total. The van der Waals surface area contributed by atoms with Crippen LogP contribution in [0.3, 0.4) is 0 Å². The molecule has 3 N–H and O–H groups in total. The molecule has 0 saturated carbocycles. The number of imidazole rings is 1. The predicted octanol–water partition coefficient (Wildman–Crippen LogP) is 2.83. The number of H-pyrrole nitrogens is 1. The molecule has 1 aromatic heterocycles. The van der Waals surface area contributed by atoms with E-state index in [1.807, 2.05) is 44.2 Å². The fraction of sp³-hybridized carbons (Fsp3) is 0.412. The molecule has 2 atom stereocenters. The molecular formula is C17H25ClN4O. The summed E-state index contributed by atoms with van der Waals surface area (Å²) < 4.78 is 0. The molecule has 0 aliphatic heterocycles. The summed E-state index contributed by atoms with van der Waals surface area (Å²) in [5.74, 6) is 0.879. The highest BCUT2D eigenvalue weighted by molar-refractivity contribution is 5.85. The fourth-order valence-corrected chi connectivity index (χ4v) is 2.26. The summed E-state index contributed by atoms with van der Waals surface area (Å²) in [6.07, 6.45) is 2.68. The zero-order valence-corrected chi connectivity index (χ0v) is 14.6. The van der Waals surface area contributed by atoms with Crippen molar-refractivity contribution in [2.45, 2.75) is 32.9 Å². The number of nitrogens with one attached hydrogen (secondary N) is 1. The second kappa shape index (κ2) is 8.70. The van der Waals surface area contributed by atoms with Gasteiger partial charge in [-0.1, -0.05) is 50.6 Å². The van der Waals surface area contributed by atoms with E-state index in [-0.39, 0.29) is 24.2 Å². The molecule has 2 rings (SSSR count). The first kappa shape index (κ1) is 19.2. The number of halogens is 1. The standard InChI is InChI=1S/C17H24N4O.ClH/c1-4-12(2)16(18)17(22)21(3)11-15-19-10-14(20-15)13-8-6-5-7-9-13;/h5-10,12,16H,4,11,18H2,1-3H3,(H,19,20);1H. The van der Waals surface area contributed by atoms with Gasteiger partial charge in [0.2, 0.25) is 5.91 Å². The minimum Gasteiger partial charge on any atom is -0.341 e. The van der Waals surface area contributed by atoms with Gasteiger partial charge in [-0.05, 0) is 11.5 Å². The van der Waals surface area contributed by atoms with Crippen LogP contribution < -0.4 is 5.73 Å². The van der Waals surface area contributed by atoms with Crippen LogP contribution in [0, 0.1) is 5.92 Å². The molecule has 1 aromatic carbocycles. The average Bonchev–Trinajstić information content (AvgIpc) is 3.01. The van der Waals surface area contributed by atoms with E-state index in [1.54, 1.807) is 18.1 Å². The zero-order chi connectivity index (χ0) is 16.1. The first-order chi connectivity index (χ1) is 10.5. The molecule has 2 unspecified atom stereocenters. The van der Waals surface area contributed by atoms with Gasteiger partial charge in [-0.15, -0.1) is 12.4 Å². The molecule has 2 aromatic rings. The largest absolute Gasteiger partial charge is 0.341 e. The van der Waals surface area contributed by atoms with Crippen molar-refractivity contribution in [1.82, 2.24) is 14.9 Å². The Labute approximate surface area is 143 Å². The number of aromatic nitrogens is 2. The third-order valence-corrected chi connectivity index (χ3v) is 4.02. The highest BCUT2D eigenvalue weighted by Crippen LogP contribution is 2.17. The molecule has 1 amide bonds. The number of hydrogen-bond acceptors (Lipinski definition) is 3. The SMILES string of the molecule is CCC(C)C(N)C(=O)N(C)Cc1ncc(-c2ccccc2)[nH]1.Cl. The van der Waals surface area contributed by atoms with Crippen LogP contribution in [0.1, 0.15) is 26.1 Å². The highest BCUT2D eigenvalue weighted by Gasteiger charge is 2.23. The van der Waals surface area contributed by atoms with Crippen LogP contribution in [0.15, 0.2) is 36.5 Å². The number of rotatable bonds is 6. The Balaban J connectivity index is 0.00000264. The van der Waals surface area contributed by atoms with Crippen LogP contribution >= 0.6 is 12.4 Å². The molecule has 126 valence electrons. The van der Waals surface area contributed by atoms with Crippen molar-refractivity contribution in [2.75, 3.05) is 7.05 Å². The molecule has 0 fully saturated rings. The van der Waals surface area contributed by atoms with Gasteiger partial charge in [0.15, 0.2) is 0 Å². The molecule has 0 spiro atoms. The van der Waals surface area contributed by atoms with E-state index in [0.717, 1.165) is 23.5 Å². The quantitative estimate of drug-likeness (QED) is 0.851. The van der Waals surface area contributed by atoms with Gasteiger partial charge >= 0.3 is 0 Å². The molecule has 0 saturated heterocycles. The lowest BCUT2D eigenvalue weighted by Gasteiger charge is -2.23. The summed E-state index contributed by atoms with van der Waals surface area (Å²) in [6, 6.07) is 9.52. The number of nitrogens with zero attached hydrogens (tertiary/aromatic N) is 2. The van der Waals surface area contributed by atoms with Crippen molar-refractivity contribution < 1.29 is 4.79 Å². The maximum Gasteiger partial charge on any atom is 0.239 e. The van der Waals surface area contributed by atoms with Crippen molar-refractivity contribution in [2.24, 2.45) is 11.7 Å². The van der Waals surface area contributed by atoms with Crippen molar-refractivity contribution in [3.63, 3.8) is 0 Å². The Hall–Kier alpha value is -1.85. The van der Waals surface area contributed by atoms with Gasteiger partial charge in [-0.25, -0.2) is 4.98 Å². The smallest absolute Gasteiger partial charge is 0.239 e. The molecule has 0 radical (unpaired) electrons. The molecule has 0 bridgehead atoms.